The molecule has 5 aromatic rings. The maximum Gasteiger partial charge on any atom is 0.280 e. The molecule has 0 aromatic carbocycles. The Morgan fingerprint density at radius 3 is 2.51 bits per heavy atom. The van der Waals surface area contributed by atoms with Crippen molar-refractivity contribution in [2.75, 3.05) is 49.6 Å². The Bertz CT molecular complexity index is 2180. The minimum Gasteiger partial charge on any atom is -0.392 e. The largest absolute Gasteiger partial charge is 0.392 e. The summed E-state index contributed by atoms with van der Waals surface area (Å²) in [6.07, 6.45) is 8.46. The van der Waals surface area contributed by atoms with Gasteiger partial charge in [0.05, 0.1) is 49.5 Å². The van der Waals surface area contributed by atoms with Gasteiger partial charge in [0.15, 0.2) is 0 Å². The van der Waals surface area contributed by atoms with Gasteiger partial charge in [0.1, 0.15) is 22.8 Å². The van der Waals surface area contributed by atoms with Crippen LogP contribution in [0.3, 0.4) is 0 Å². The first-order valence-corrected chi connectivity index (χ1v) is 16.7. The Balaban J connectivity index is 1.08. The first kappa shape index (κ1) is 31.4. The minimum absolute atomic E-state index is 0.237. The SMILES string of the molecule is Cn1cc(-c2ccnc(-n3ccn4c5c(cc4c3=O)CC(C)(C)C5O)c2CO)cc(Nc2ccc(N3CCN(C4COC4)CC3)cn2)c1=O. The van der Waals surface area contributed by atoms with Gasteiger partial charge in [-0.15, -0.1) is 0 Å². The second kappa shape index (κ2) is 11.9. The monoisotopic (exact) mass is 664 g/mol. The van der Waals surface area contributed by atoms with Gasteiger partial charge in [-0.3, -0.25) is 19.1 Å². The first-order valence-electron chi connectivity index (χ1n) is 16.7. The van der Waals surface area contributed by atoms with Crippen molar-refractivity contribution in [3.05, 3.63) is 98.8 Å². The average Bonchev–Trinajstić information content (AvgIpc) is 3.54. The number of rotatable bonds is 7. The van der Waals surface area contributed by atoms with Crippen molar-refractivity contribution >= 4 is 22.7 Å². The molecule has 2 saturated heterocycles. The zero-order valence-corrected chi connectivity index (χ0v) is 27.8. The van der Waals surface area contributed by atoms with E-state index in [2.05, 4.69) is 25.1 Å². The summed E-state index contributed by atoms with van der Waals surface area (Å²) in [5.74, 6) is 0.825. The van der Waals surface area contributed by atoms with Crippen LogP contribution in [0.1, 0.15) is 36.8 Å². The van der Waals surface area contributed by atoms with Crippen LogP contribution in [0.2, 0.25) is 0 Å². The summed E-state index contributed by atoms with van der Waals surface area (Å²) in [7, 11) is 1.67. The summed E-state index contributed by atoms with van der Waals surface area (Å²) >= 11 is 0. The van der Waals surface area contributed by atoms with E-state index in [1.54, 1.807) is 48.4 Å². The molecule has 8 rings (SSSR count). The number of aromatic nitrogens is 5. The molecule has 3 aliphatic rings. The van der Waals surface area contributed by atoms with Gasteiger partial charge in [-0.05, 0) is 47.9 Å². The molecule has 0 radical (unpaired) electrons. The van der Waals surface area contributed by atoms with Crippen LogP contribution >= 0.6 is 0 Å². The van der Waals surface area contributed by atoms with Crippen LogP contribution in [0.25, 0.3) is 22.5 Å². The maximum absolute atomic E-state index is 13.8. The number of ether oxygens (including phenoxy) is 1. The van der Waals surface area contributed by atoms with Crippen LogP contribution in [0.15, 0.2) is 70.9 Å². The number of pyridine rings is 3. The van der Waals surface area contributed by atoms with E-state index >= 15 is 0 Å². The predicted octanol–water partition coefficient (Wildman–Crippen LogP) is 2.62. The van der Waals surface area contributed by atoms with Crippen molar-refractivity contribution in [1.29, 1.82) is 0 Å². The summed E-state index contributed by atoms with van der Waals surface area (Å²) in [6, 6.07) is 9.76. The number of nitrogens with zero attached hydrogens (tertiary/aromatic N) is 7. The van der Waals surface area contributed by atoms with Crippen molar-refractivity contribution in [1.82, 2.24) is 28.4 Å². The summed E-state index contributed by atoms with van der Waals surface area (Å²) in [5.41, 5.74) is 4.33. The van der Waals surface area contributed by atoms with Crippen molar-refractivity contribution in [2.45, 2.75) is 39.0 Å². The lowest BCUT2D eigenvalue weighted by atomic mass is 9.88. The summed E-state index contributed by atoms with van der Waals surface area (Å²) < 4.78 is 10.0. The topological polar surface area (TPSA) is 142 Å². The molecule has 1 aliphatic carbocycles. The number of piperazine rings is 1. The lowest BCUT2D eigenvalue weighted by Gasteiger charge is -2.43. The number of aliphatic hydroxyl groups excluding tert-OH is 2. The molecule has 49 heavy (non-hydrogen) atoms. The second-order valence-corrected chi connectivity index (χ2v) is 14.0. The average molecular weight is 665 g/mol. The van der Waals surface area contributed by atoms with Crippen LogP contribution in [0.4, 0.5) is 17.2 Å². The predicted molar refractivity (Wildman–Crippen MR) is 186 cm³/mol. The molecule has 2 aliphatic heterocycles. The highest BCUT2D eigenvalue weighted by atomic mass is 16.5. The standard InChI is InChI=1S/C36H40N8O5/c1-36(2)16-22-15-29-35(48)44(13-12-43(29)31(22)32(36)46)33-27(19-45)26(6-7-37-33)23-14-28(34(47)40(3)18-23)39-30-5-4-24(17-38-30)41-8-10-42(11-9-41)25-20-49-21-25/h4-7,12-15,17-18,25,32,45-46H,8-11,16,19-21H2,1-3H3,(H,38,39). The fraction of sp³-hybridized carbons (Fsp3) is 0.389. The van der Waals surface area contributed by atoms with Gasteiger partial charge in [0.25, 0.3) is 11.1 Å². The Morgan fingerprint density at radius 2 is 1.82 bits per heavy atom. The van der Waals surface area contributed by atoms with Crippen molar-refractivity contribution < 1.29 is 14.9 Å². The number of hydrogen-bond acceptors (Lipinski definition) is 10. The van der Waals surface area contributed by atoms with E-state index in [1.807, 2.05) is 38.2 Å². The highest BCUT2D eigenvalue weighted by Gasteiger charge is 2.40. The Kier molecular flexibility index (Phi) is 7.67. The zero-order valence-electron chi connectivity index (χ0n) is 27.8. The highest BCUT2D eigenvalue weighted by molar-refractivity contribution is 5.73. The van der Waals surface area contributed by atoms with Crippen LogP contribution in [-0.2, 0) is 24.8 Å². The van der Waals surface area contributed by atoms with E-state index in [0.29, 0.717) is 46.2 Å². The van der Waals surface area contributed by atoms with Gasteiger partial charge in [-0.2, -0.15) is 0 Å². The fourth-order valence-electron chi connectivity index (χ4n) is 7.44. The molecule has 1 unspecified atom stereocenters. The molecule has 5 aromatic heterocycles. The zero-order chi connectivity index (χ0) is 34.0. The number of nitrogens with one attached hydrogen (secondary N) is 1. The van der Waals surface area contributed by atoms with Gasteiger partial charge in [-0.25, -0.2) is 9.97 Å². The number of aryl methyl sites for hydroxylation is 1. The van der Waals surface area contributed by atoms with Gasteiger partial charge in [0.2, 0.25) is 0 Å². The smallest absolute Gasteiger partial charge is 0.280 e. The maximum atomic E-state index is 13.8. The van der Waals surface area contributed by atoms with Crippen LogP contribution < -0.4 is 21.3 Å². The normalized spacial score (nSPS) is 19.3. The van der Waals surface area contributed by atoms with E-state index in [1.165, 1.54) is 9.13 Å². The van der Waals surface area contributed by atoms with Crippen molar-refractivity contribution in [3.63, 3.8) is 0 Å². The van der Waals surface area contributed by atoms with E-state index in [9.17, 15) is 19.8 Å². The quantitative estimate of drug-likeness (QED) is 0.238. The highest BCUT2D eigenvalue weighted by Crippen LogP contribution is 2.45. The lowest BCUT2D eigenvalue weighted by Crippen LogP contribution is -2.56. The van der Waals surface area contributed by atoms with Gasteiger partial charge in [-0.1, -0.05) is 13.8 Å². The third kappa shape index (κ3) is 5.33. The van der Waals surface area contributed by atoms with Gasteiger partial charge < -0.3 is 34.1 Å². The summed E-state index contributed by atoms with van der Waals surface area (Å²) in [5, 5.41) is 24.8. The molecular formula is C36H40N8O5. The van der Waals surface area contributed by atoms with Gasteiger partial charge >= 0.3 is 0 Å². The number of fused-ring (bicyclic) bond motifs is 3. The molecular weight excluding hydrogens is 624 g/mol. The minimum atomic E-state index is -0.691. The van der Waals surface area contributed by atoms with Gasteiger partial charge in [0, 0.05) is 74.6 Å². The van der Waals surface area contributed by atoms with Crippen LogP contribution in [-0.4, -0.2) is 84.1 Å². The van der Waals surface area contributed by atoms with Crippen LogP contribution in [0.5, 0.6) is 0 Å². The molecule has 0 saturated carbocycles. The van der Waals surface area contributed by atoms with Crippen LogP contribution in [0, 0.1) is 5.41 Å². The Hall–Kier alpha value is -4.82. The first-order chi connectivity index (χ1) is 23.6. The molecule has 13 nitrogen and oxygen atoms in total. The van der Waals surface area contributed by atoms with E-state index in [4.69, 9.17) is 4.74 Å². The Labute approximate surface area is 282 Å². The molecule has 3 N–H and O–H groups in total. The third-order valence-electron chi connectivity index (χ3n) is 10.3. The molecule has 0 bridgehead atoms. The van der Waals surface area contributed by atoms with E-state index < -0.39 is 12.7 Å². The second-order valence-electron chi connectivity index (χ2n) is 14.0. The summed E-state index contributed by atoms with van der Waals surface area (Å²) in [4.78, 5) is 41.0. The number of hydrogen-bond donors (Lipinski definition) is 3. The molecule has 254 valence electrons. The van der Waals surface area contributed by atoms with Crippen molar-refractivity contribution in [2.24, 2.45) is 12.5 Å². The third-order valence-corrected chi connectivity index (χ3v) is 10.3. The number of aliphatic hydroxyl groups is 2. The summed E-state index contributed by atoms with van der Waals surface area (Å²) in [6.45, 7) is 9.10. The molecule has 0 spiro atoms. The molecule has 7 heterocycles. The molecule has 13 heteroatoms. The fourth-order valence-corrected chi connectivity index (χ4v) is 7.44. The van der Waals surface area contributed by atoms with E-state index in [0.717, 1.165) is 56.3 Å². The lowest BCUT2D eigenvalue weighted by molar-refractivity contribution is -0.0660. The molecule has 0 amide bonds. The Morgan fingerprint density at radius 1 is 1.02 bits per heavy atom. The number of anilines is 3. The van der Waals surface area contributed by atoms with Crippen molar-refractivity contribution in [3.8, 4) is 16.9 Å². The molecule has 1 atom stereocenters. The molecule has 2 fully saturated rings. The van der Waals surface area contributed by atoms with E-state index in [-0.39, 0.29) is 22.4 Å².